The predicted molar refractivity (Wildman–Crippen MR) is 85.9 cm³/mol. The zero-order valence-electron chi connectivity index (χ0n) is 13.2. The molecule has 0 aliphatic heterocycles. The monoisotopic (exact) mass is 297 g/mol. The molecule has 3 nitrogen and oxygen atoms in total. The Bertz CT molecular complexity index is 518. The van der Waals surface area contributed by atoms with Crippen molar-refractivity contribution in [1.29, 1.82) is 0 Å². The van der Waals surface area contributed by atoms with Crippen molar-refractivity contribution in [2.24, 2.45) is 0 Å². The van der Waals surface area contributed by atoms with E-state index in [1.165, 1.54) is 17.4 Å². The number of hydrogen-bond donors (Lipinski definition) is 1. The van der Waals surface area contributed by atoms with Crippen LogP contribution >= 0.6 is 0 Å². The third-order valence-corrected chi connectivity index (χ3v) is 6.19. The first-order chi connectivity index (χ1) is 9.18. The van der Waals surface area contributed by atoms with Gasteiger partial charge in [0, 0.05) is 12.3 Å². The Balaban J connectivity index is 2.98. The zero-order chi connectivity index (χ0) is 15.4. The van der Waals surface area contributed by atoms with Crippen molar-refractivity contribution in [2.75, 3.05) is 12.8 Å². The maximum atomic E-state index is 12.1. The maximum Gasteiger partial charge on any atom is 0.154 e. The van der Waals surface area contributed by atoms with E-state index in [0.717, 1.165) is 19.4 Å². The molecule has 0 saturated heterocycles. The summed E-state index contributed by atoms with van der Waals surface area (Å²) in [5.74, 6) is 0. The Morgan fingerprint density at radius 3 is 2.20 bits per heavy atom. The van der Waals surface area contributed by atoms with Gasteiger partial charge in [-0.3, -0.25) is 0 Å². The molecule has 114 valence electrons. The highest BCUT2D eigenvalue weighted by Gasteiger charge is 2.38. The van der Waals surface area contributed by atoms with Crippen LogP contribution < -0.4 is 5.32 Å². The van der Waals surface area contributed by atoms with Crippen molar-refractivity contribution in [3.8, 4) is 0 Å². The van der Waals surface area contributed by atoms with Crippen LogP contribution in [0, 0.1) is 6.92 Å². The van der Waals surface area contributed by atoms with Crippen LogP contribution in [0.1, 0.15) is 38.3 Å². The summed E-state index contributed by atoms with van der Waals surface area (Å²) in [6.45, 7) is 8.59. The first kappa shape index (κ1) is 17.2. The zero-order valence-corrected chi connectivity index (χ0v) is 14.0. The number of benzene rings is 1. The second-order valence-corrected chi connectivity index (χ2v) is 8.67. The average molecular weight is 297 g/mol. The molecule has 1 aromatic carbocycles. The molecule has 0 aromatic heterocycles. The highest BCUT2D eigenvalue weighted by molar-refractivity contribution is 7.92. The van der Waals surface area contributed by atoms with E-state index in [1.54, 1.807) is 0 Å². The second-order valence-electron chi connectivity index (χ2n) is 6.07. The van der Waals surface area contributed by atoms with Crippen LogP contribution in [0.3, 0.4) is 0 Å². The van der Waals surface area contributed by atoms with Gasteiger partial charge in [0.25, 0.3) is 0 Å². The fourth-order valence-electron chi connectivity index (χ4n) is 2.10. The van der Waals surface area contributed by atoms with Gasteiger partial charge in [0.2, 0.25) is 0 Å². The van der Waals surface area contributed by atoms with E-state index in [1.807, 2.05) is 13.8 Å². The number of sulfone groups is 1. The van der Waals surface area contributed by atoms with Gasteiger partial charge in [-0.15, -0.1) is 0 Å². The van der Waals surface area contributed by atoms with Gasteiger partial charge >= 0.3 is 0 Å². The van der Waals surface area contributed by atoms with Crippen LogP contribution in [0.25, 0.3) is 0 Å². The lowest BCUT2D eigenvalue weighted by Gasteiger charge is -2.33. The lowest BCUT2D eigenvalue weighted by atomic mass is 9.95. The van der Waals surface area contributed by atoms with Gasteiger partial charge in [0.1, 0.15) is 0 Å². The molecule has 0 spiro atoms. The fourth-order valence-corrected chi connectivity index (χ4v) is 2.78. The lowest BCUT2D eigenvalue weighted by molar-refractivity contribution is 0.406. The molecule has 0 aliphatic carbocycles. The number of hydrogen-bond acceptors (Lipinski definition) is 3. The quantitative estimate of drug-likeness (QED) is 0.842. The van der Waals surface area contributed by atoms with E-state index < -0.39 is 14.6 Å². The molecular formula is C16H27NO2S. The molecule has 1 aromatic rings. The summed E-state index contributed by atoms with van der Waals surface area (Å²) in [6.07, 6.45) is 3.04. The smallest absolute Gasteiger partial charge is 0.154 e. The molecule has 0 bridgehead atoms. The highest BCUT2D eigenvalue weighted by atomic mass is 32.2. The van der Waals surface area contributed by atoms with Crippen molar-refractivity contribution < 1.29 is 8.42 Å². The largest absolute Gasteiger partial charge is 0.312 e. The van der Waals surface area contributed by atoms with E-state index in [9.17, 15) is 8.42 Å². The van der Waals surface area contributed by atoms with Gasteiger partial charge in [-0.05, 0) is 45.7 Å². The SMILES string of the molecule is CCCNC(Cc1ccc(C)cc1)C(C)(C)S(C)(=O)=O. The Kier molecular flexibility index (Phi) is 5.78. The van der Waals surface area contributed by atoms with Crippen molar-refractivity contribution >= 4 is 9.84 Å². The molecule has 1 atom stereocenters. The number of rotatable bonds is 7. The van der Waals surface area contributed by atoms with Crippen LogP contribution in [0.4, 0.5) is 0 Å². The molecule has 4 heteroatoms. The normalized spacial score (nSPS) is 14.2. The van der Waals surface area contributed by atoms with E-state index in [-0.39, 0.29) is 6.04 Å². The third-order valence-electron chi connectivity index (χ3n) is 4.00. The van der Waals surface area contributed by atoms with Gasteiger partial charge in [0.15, 0.2) is 9.84 Å². The fraction of sp³-hybridized carbons (Fsp3) is 0.625. The summed E-state index contributed by atoms with van der Waals surface area (Å²) in [6, 6.07) is 8.21. The Morgan fingerprint density at radius 2 is 1.75 bits per heavy atom. The molecule has 0 aliphatic rings. The first-order valence-electron chi connectivity index (χ1n) is 7.17. The molecular weight excluding hydrogens is 270 g/mol. The summed E-state index contributed by atoms with van der Waals surface area (Å²) in [7, 11) is -3.12. The molecule has 1 rings (SSSR count). The molecule has 20 heavy (non-hydrogen) atoms. The molecule has 0 fully saturated rings. The Morgan fingerprint density at radius 1 is 1.20 bits per heavy atom. The minimum absolute atomic E-state index is 0.0832. The van der Waals surface area contributed by atoms with E-state index in [0.29, 0.717) is 0 Å². The maximum absolute atomic E-state index is 12.1. The average Bonchev–Trinajstić information content (AvgIpc) is 2.35. The van der Waals surface area contributed by atoms with Gasteiger partial charge in [0.05, 0.1) is 4.75 Å². The van der Waals surface area contributed by atoms with Crippen LogP contribution in [0.5, 0.6) is 0 Å². The summed E-state index contributed by atoms with van der Waals surface area (Å²) in [5.41, 5.74) is 2.38. The summed E-state index contributed by atoms with van der Waals surface area (Å²) < 4.78 is 23.3. The molecule has 0 saturated carbocycles. The van der Waals surface area contributed by atoms with Crippen LogP contribution in [0.15, 0.2) is 24.3 Å². The minimum atomic E-state index is -3.12. The summed E-state index contributed by atoms with van der Waals surface area (Å²) in [4.78, 5) is 0. The van der Waals surface area contributed by atoms with Gasteiger partial charge < -0.3 is 5.32 Å². The minimum Gasteiger partial charge on any atom is -0.312 e. The Hall–Kier alpha value is -0.870. The van der Waals surface area contributed by atoms with Gasteiger partial charge in [-0.1, -0.05) is 36.8 Å². The van der Waals surface area contributed by atoms with E-state index in [4.69, 9.17) is 0 Å². The molecule has 1 unspecified atom stereocenters. The second kappa shape index (κ2) is 6.72. The van der Waals surface area contributed by atoms with Crippen molar-refractivity contribution in [3.05, 3.63) is 35.4 Å². The number of nitrogens with one attached hydrogen (secondary N) is 1. The van der Waals surface area contributed by atoms with Crippen LogP contribution in [0.2, 0.25) is 0 Å². The van der Waals surface area contributed by atoms with E-state index in [2.05, 4.69) is 43.4 Å². The Labute approximate surface area is 123 Å². The van der Waals surface area contributed by atoms with Crippen LogP contribution in [-0.2, 0) is 16.3 Å². The molecule has 1 N–H and O–H groups in total. The summed E-state index contributed by atoms with van der Waals surface area (Å²) in [5, 5.41) is 3.40. The van der Waals surface area contributed by atoms with Gasteiger partial charge in [-0.25, -0.2) is 8.42 Å². The topological polar surface area (TPSA) is 46.2 Å². The van der Waals surface area contributed by atoms with Crippen molar-refractivity contribution in [1.82, 2.24) is 5.32 Å². The molecule has 0 heterocycles. The van der Waals surface area contributed by atoms with Crippen molar-refractivity contribution in [2.45, 2.75) is 51.3 Å². The lowest BCUT2D eigenvalue weighted by Crippen LogP contribution is -2.52. The van der Waals surface area contributed by atoms with Crippen LogP contribution in [-0.4, -0.2) is 32.0 Å². The number of aryl methyl sites for hydroxylation is 1. The standard InChI is InChI=1S/C16H27NO2S/c1-6-11-17-15(16(3,4)20(5,18)19)12-14-9-7-13(2)8-10-14/h7-10,15,17H,6,11-12H2,1-5H3. The van der Waals surface area contributed by atoms with E-state index >= 15 is 0 Å². The molecule has 0 amide bonds. The first-order valence-corrected chi connectivity index (χ1v) is 9.06. The van der Waals surface area contributed by atoms with Crippen molar-refractivity contribution in [3.63, 3.8) is 0 Å². The summed E-state index contributed by atoms with van der Waals surface area (Å²) >= 11 is 0. The highest BCUT2D eigenvalue weighted by Crippen LogP contribution is 2.23. The third kappa shape index (κ3) is 4.32. The predicted octanol–water partition coefficient (Wildman–Crippen LogP) is 2.73. The molecule has 0 radical (unpaired) electrons. The van der Waals surface area contributed by atoms with Gasteiger partial charge in [-0.2, -0.15) is 0 Å².